The van der Waals surface area contributed by atoms with E-state index in [9.17, 15) is 39.6 Å². The Morgan fingerprint density at radius 2 is 1.76 bits per heavy atom. The second-order valence-corrected chi connectivity index (χ2v) is 12.1. The molecule has 17 heteroatoms. The van der Waals surface area contributed by atoms with Crippen molar-refractivity contribution in [3.8, 4) is 11.5 Å². The topological polar surface area (TPSA) is 111 Å². The largest absolute Gasteiger partial charge is 0.493 e. The number of benzene rings is 2. The number of carbonyl (C=O) groups is 1. The molecule has 1 amide bonds. The van der Waals surface area contributed by atoms with Crippen LogP contribution in [0, 0.1) is 0 Å². The summed E-state index contributed by atoms with van der Waals surface area (Å²) in [4.78, 5) is 15.9. The van der Waals surface area contributed by atoms with E-state index in [4.69, 9.17) is 9.47 Å². The van der Waals surface area contributed by atoms with E-state index < -0.39 is 45.9 Å². The lowest BCUT2D eigenvalue weighted by atomic mass is 9.87. The monoisotopic (exact) mass is 636 g/mol. The minimum atomic E-state index is -5.04. The second kappa shape index (κ2) is 11.2. The van der Waals surface area contributed by atoms with Gasteiger partial charge in [-0.1, -0.05) is 6.07 Å². The molecule has 1 saturated heterocycles. The number of hydrogen-bond donors (Lipinski definition) is 1. The van der Waals surface area contributed by atoms with Crippen LogP contribution in [0.25, 0.3) is 0 Å². The summed E-state index contributed by atoms with van der Waals surface area (Å²) >= 11 is 0.850. The van der Waals surface area contributed by atoms with E-state index >= 15 is 0 Å². The zero-order valence-electron chi connectivity index (χ0n) is 21.4. The predicted molar refractivity (Wildman–Crippen MR) is 137 cm³/mol. The van der Waals surface area contributed by atoms with Gasteiger partial charge in [-0.05, 0) is 48.6 Å². The van der Waals surface area contributed by atoms with Crippen LogP contribution in [0.2, 0.25) is 0 Å². The number of hydrogen-bond acceptors (Lipinski definition) is 8. The zero-order valence-corrected chi connectivity index (χ0v) is 23.0. The summed E-state index contributed by atoms with van der Waals surface area (Å²) in [5, 5.41) is 0.0679. The molecule has 0 aliphatic carbocycles. The van der Waals surface area contributed by atoms with Gasteiger partial charge in [0.25, 0.3) is 10.0 Å². The number of rotatable bonds is 6. The number of carbonyl (C=O) groups excluding carboxylic acids is 1. The lowest BCUT2D eigenvalue weighted by Crippen LogP contribution is -2.45. The molecule has 42 heavy (non-hydrogen) atoms. The maximum absolute atomic E-state index is 13.6. The van der Waals surface area contributed by atoms with Crippen molar-refractivity contribution in [1.29, 1.82) is 0 Å². The maximum atomic E-state index is 13.6. The van der Waals surface area contributed by atoms with Gasteiger partial charge in [-0.2, -0.15) is 30.7 Å². The van der Waals surface area contributed by atoms with Crippen molar-refractivity contribution < 1.29 is 49.0 Å². The number of piperidine rings is 1. The summed E-state index contributed by atoms with van der Waals surface area (Å²) in [5.41, 5.74) is -0.311. The summed E-state index contributed by atoms with van der Waals surface area (Å²) in [6.45, 7) is -0.429. The Morgan fingerprint density at radius 3 is 2.40 bits per heavy atom. The number of alkyl halides is 6. The fourth-order valence-electron chi connectivity index (χ4n) is 4.90. The Labute approximate surface area is 239 Å². The van der Waals surface area contributed by atoms with Gasteiger partial charge in [0.15, 0.2) is 0 Å². The Bertz CT molecular complexity index is 1560. The summed E-state index contributed by atoms with van der Waals surface area (Å²) in [7, 11) is -4.02. The quantitative estimate of drug-likeness (QED) is 0.355. The minimum Gasteiger partial charge on any atom is -0.493 e. The van der Waals surface area contributed by atoms with Gasteiger partial charge in [0.1, 0.15) is 23.9 Å². The van der Waals surface area contributed by atoms with Gasteiger partial charge in [-0.3, -0.25) is 9.52 Å². The van der Waals surface area contributed by atoms with Crippen molar-refractivity contribution in [2.24, 2.45) is 0 Å². The molecule has 0 bridgehead atoms. The fraction of sp³-hybridized carbons (Fsp3) is 0.400. The van der Waals surface area contributed by atoms with Crippen LogP contribution < -0.4 is 14.2 Å². The molecule has 0 saturated carbocycles. The molecule has 9 nitrogen and oxygen atoms in total. The molecular weight excluding hydrogens is 614 g/mol. The lowest BCUT2D eigenvalue weighted by molar-refractivity contribution is -0.186. The van der Waals surface area contributed by atoms with E-state index in [2.05, 4.69) is 14.1 Å². The van der Waals surface area contributed by atoms with E-state index in [-0.39, 0.29) is 59.6 Å². The number of nitrogens with one attached hydrogen (secondary N) is 1. The summed E-state index contributed by atoms with van der Waals surface area (Å²) < 4.78 is 123. The highest BCUT2D eigenvalue weighted by Gasteiger charge is 2.44. The summed E-state index contributed by atoms with van der Waals surface area (Å²) in [6.07, 6.45) is -8.93. The molecule has 1 N–H and O–H groups in total. The van der Waals surface area contributed by atoms with E-state index in [1.54, 1.807) is 0 Å². The molecule has 2 aromatic carbocycles. The first-order valence-corrected chi connectivity index (χ1v) is 14.8. The van der Waals surface area contributed by atoms with Crippen molar-refractivity contribution in [3.63, 3.8) is 0 Å². The number of fused-ring (bicyclic) bond motifs is 1. The van der Waals surface area contributed by atoms with Gasteiger partial charge in [-0.15, -0.1) is 0 Å². The average molecular weight is 637 g/mol. The standard InChI is InChI=1S/C25H22F6N4O5S2/c26-24(27,28)15-1-4-19(18(11-15)14-5-8-35(9-6-14)22(36)25(29,30)31)40-20-7-10-39-21-12-16(2-3-17(20)21)42(37,38)34-23-32-13-33-41-23/h1-4,11-14,20H,5-10H2,(H,32,33,34). The van der Waals surface area contributed by atoms with Gasteiger partial charge in [0, 0.05) is 42.7 Å². The fourth-order valence-corrected chi connectivity index (χ4v) is 6.57. The van der Waals surface area contributed by atoms with Gasteiger partial charge in [-0.25, -0.2) is 13.4 Å². The lowest BCUT2D eigenvalue weighted by Gasteiger charge is -2.34. The second-order valence-electron chi connectivity index (χ2n) is 9.61. The molecule has 2 aliphatic heterocycles. The van der Waals surface area contributed by atoms with Crippen LogP contribution in [0.3, 0.4) is 0 Å². The smallest absolute Gasteiger partial charge is 0.471 e. The third-order valence-corrected chi connectivity index (χ3v) is 8.98. The third-order valence-electron chi connectivity index (χ3n) is 6.93. The SMILES string of the molecule is O=C(N1CCC(c2cc(C(F)(F)F)ccc2OC2CCOc3cc(S(=O)(=O)Nc4ncns4)ccc32)CC1)C(F)(F)F. The first-order chi connectivity index (χ1) is 19.7. The van der Waals surface area contributed by atoms with Crippen LogP contribution in [0.5, 0.6) is 11.5 Å². The number of halogens is 6. The van der Waals surface area contributed by atoms with E-state index in [1.807, 2.05) is 0 Å². The van der Waals surface area contributed by atoms with Crippen molar-refractivity contribution in [2.75, 3.05) is 24.4 Å². The highest BCUT2D eigenvalue weighted by molar-refractivity contribution is 7.93. The van der Waals surface area contributed by atoms with Crippen LogP contribution in [-0.2, 0) is 21.0 Å². The average Bonchev–Trinajstić information content (AvgIpc) is 3.44. The zero-order chi connectivity index (χ0) is 30.3. The van der Waals surface area contributed by atoms with Crippen molar-refractivity contribution >= 4 is 32.6 Å². The molecule has 226 valence electrons. The van der Waals surface area contributed by atoms with E-state index in [0.29, 0.717) is 16.9 Å². The molecule has 0 radical (unpaired) electrons. The molecule has 1 aromatic heterocycles. The Hall–Kier alpha value is -3.60. The number of likely N-dealkylation sites (tertiary alicyclic amines) is 1. The highest BCUT2D eigenvalue weighted by atomic mass is 32.2. The summed E-state index contributed by atoms with van der Waals surface area (Å²) in [5.74, 6) is -2.27. The number of ether oxygens (including phenoxy) is 2. The molecular formula is C25H22F6N4O5S2. The first-order valence-electron chi connectivity index (χ1n) is 12.5. The third kappa shape index (κ3) is 6.40. The van der Waals surface area contributed by atoms with Gasteiger partial charge >= 0.3 is 18.3 Å². The van der Waals surface area contributed by atoms with E-state index in [0.717, 1.165) is 23.7 Å². The number of aromatic nitrogens is 2. The van der Waals surface area contributed by atoms with Gasteiger partial charge in [0.05, 0.1) is 17.1 Å². The molecule has 3 heterocycles. The van der Waals surface area contributed by atoms with Crippen molar-refractivity contribution in [1.82, 2.24) is 14.3 Å². The van der Waals surface area contributed by atoms with Crippen LogP contribution in [0.1, 0.15) is 48.0 Å². The number of sulfonamides is 1. The molecule has 0 spiro atoms. The molecule has 1 fully saturated rings. The number of anilines is 1. The molecule has 3 aromatic rings. The van der Waals surface area contributed by atoms with E-state index in [1.165, 1.54) is 30.6 Å². The van der Waals surface area contributed by atoms with Gasteiger partial charge in [0.2, 0.25) is 5.13 Å². The highest BCUT2D eigenvalue weighted by Crippen LogP contribution is 2.43. The first kappa shape index (κ1) is 29.9. The predicted octanol–water partition coefficient (Wildman–Crippen LogP) is 5.53. The van der Waals surface area contributed by atoms with Crippen LogP contribution in [0.4, 0.5) is 31.5 Å². The summed E-state index contributed by atoms with van der Waals surface area (Å²) in [6, 6.07) is 7.07. The van der Waals surface area contributed by atoms with Crippen molar-refractivity contribution in [3.05, 3.63) is 59.4 Å². The van der Waals surface area contributed by atoms with Crippen LogP contribution >= 0.6 is 11.5 Å². The minimum absolute atomic E-state index is 0.00664. The molecule has 1 unspecified atom stereocenters. The van der Waals surface area contributed by atoms with Crippen molar-refractivity contribution in [2.45, 2.75) is 48.5 Å². The van der Waals surface area contributed by atoms with Crippen LogP contribution in [-0.4, -0.2) is 54.5 Å². The number of amides is 1. The van der Waals surface area contributed by atoms with Gasteiger partial charge < -0.3 is 14.4 Å². The Balaban J connectivity index is 1.40. The molecule has 1 atom stereocenters. The molecule has 5 rings (SSSR count). The van der Waals surface area contributed by atoms with Crippen LogP contribution in [0.15, 0.2) is 47.6 Å². The number of nitrogens with zero attached hydrogens (tertiary/aromatic N) is 3. The normalized spacial score (nSPS) is 18.2. The maximum Gasteiger partial charge on any atom is 0.471 e. The molecule has 2 aliphatic rings. The Kier molecular flexibility index (Phi) is 8.00. The Morgan fingerprint density at radius 1 is 1.02 bits per heavy atom.